The van der Waals surface area contributed by atoms with Crippen LogP contribution in [0.25, 0.3) is 0 Å². The van der Waals surface area contributed by atoms with Crippen molar-refractivity contribution in [3.8, 4) is 11.5 Å². The van der Waals surface area contributed by atoms with E-state index in [1.54, 1.807) is 0 Å². The van der Waals surface area contributed by atoms with Crippen LogP contribution in [0, 0.1) is 0 Å². The molecular weight excluding hydrogens is 214 g/mol. The highest BCUT2D eigenvalue weighted by atomic mass is 16.6. The van der Waals surface area contributed by atoms with Crippen LogP contribution in [-0.2, 0) is 5.54 Å². The molecule has 0 bridgehead atoms. The third-order valence-electron chi connectivity index (χ3n) is 3.02. The Kier molecular flexibility index (Phi) is 3.04. The molecule has 0 fully saturated rings. The van der Waals surface area contributed by atoms with Gasteiger partial charge in [-0.1, -0.05) is 19.9 Å². The zero-order chi connectivity index (χ0) is 12.6. The first-order valence-corrected chi connectivity index (χ1v) is 6.13. The minimum Gasteiger partial charge on any atom is -0.486 e. The van der Waals surface area contributed by atoms with Crippen LogP contribution in [0.4, 0.5) is 0 Å². The summed E-state index contributed by atoms with van der Waals surface area (Å²) in [5.41, 5.74) is 8.18. The van der Waals surface area contributed by atoms with E-state index in [1.165, 1.54) is 5.56 Å². The number of hydrogen-bond acceptors (Lipinski definition) is 3. The molecule has 2 rings (SSSR count). The van der Waals surface area contributed by atoms with E-state index in [0.717, 1.165) is 17.1 Å². The van der Waals surface area contributed by atoms with Gasteiger partial charge in [-0.15, -0.1) is 0 Å². The van der Waals surface area contributed by atoms with E-state index < -0.39 is 0 Å². The van der Waals surface area contributed by atoms with E-state index in [4.69, 9.17) is 15.2 Å². The van der Waals surface area contributed by atoms with Gasteiger partial charge in [-0.3, -0.25) is 0 Å². The molecule has 1 aliphatic heterocycles. The third kappa shape index (κ3) is 2.25. The van der Waals surface area contributed by atoms with Gasteiger partial charge in [-0.2, -0.15) is 0 Å². The topological polar surface area (TPSA) is 44.5 Å². The number of nitrogens with two attached hydrogens (primary N) is 1. The van der Waals surface area contributed by atoms with Crippen molar-refractivity contribution in [2.45, 2.75) is 39.2 Å². The summed E-state index contributed by atoms with van der Waals surface area (Å²) in [6.07, 6.45) is 0. The van der Waals surface area contributed by atoms with Crippen molar-refractivity contribution in [1.82, 2.24) is 0 Å². The van der Waals surface area contributed by atoms with Crippen LogP contribution in [0.3, 0.4) is 0 Å². The molecule has 17 heavy (non-hydrogen) atoms. The molecule has 1 aliphatic rings. The van der Waals surface area contributed by atoms with Crippen molar-refractivity contribution in [3.63, 3.8) is 0 Å². The fourth-order valence-corrected chi connectivity index (χ4v) is 2.27. The number of rotatable bonds is 2. The summed E-state index contributed by atoms with van der Waals surface area (Å²) >= 11 is 0. The van der Waals surface area contributed by atoms with Crippen molar-refractivity contribution in [2.75, 3.05) is 13.2 Å². The maximum Gasteiger partial charge on any atom is 0.165 e. The van der Waals surface area contributed by atoms with Crippen LogP contribution in [0.5, 0.6) is 11.5 Å². The summed E-state index contributed by atoms with van der Waals surface area (Å²) < 4.78 is 11.4. The Morgan fingerprint density at radius 3 is 2.41 bits per heavy atom. The number of hydrogen-bond donors (Lipinski definition) is 1. The van der Waals surface area contributed by atoms with E-state index in [1.807, 2.05) is 19.9 Å². The molecule has 0 unspecified atom stereocenters. The van der Waals surface area contributed by atoms with Crippen molar-refractivity contribution < 1.29 is 9.47 Å². The van der Waals surface area contributed by atoms with Crippen LogP contribution in [-0.4, -0.2) is 13.2 Å². The minimum absolute atomic E-state index is 0.365. The summed E-state index contributed by atoms with van der Waals surface area (Å²) in [4.78, 5) is 0. The Hall–Kier alpha value is -1.22. The van der Waals surface area contributed by atoms with Gasteiger partial charge in [0, 0.05) is 11.1 Å². The lowest BCUT2D eigenvalue weighted by Crippen LogP contribution is -2.31. The lowest BCUT2D eigenvalue weighted by Gasteiger charge is -2.29. The zero-order valence-corrected chi connectivity index (χ0v) is 11.0. The predicted molar refractivity (Wildman–Crippen MR) is 68.7 cm³/mol. The highest BCUT2D eigenvalue weighted by Crippen LogP contribution is 2.42. The monoisotopic (exact) mass is 235 g/mol. The fraction of sp³-hybridized carbons (Fsp3) is 0.571. The van der Waals surface area contributed by atoms with E-state index in [2.05, 4.69) is 19.9 Å². The van der Waals surface area contributed by atoms with Gasteiger partial charge >= 0.3 is 0 Å². The van der Waals surface area contributed by atoms with Crippen molar-refractivity contribution >= 4 is 0 Å². The Bertz CT molecular complexity index is 419. The molecule has 0 saturated carbocycles. The lowest BCUT2D eigenvalue weighted by molar-refractivity contribution is 0.169. The first kappa shape index (κ1) is 12.2. The Morgan fingerprint density at radius 1 is 1.18 bits per heavy atom. The number of benzene rings is 1. The molecule has 0 aromatic heterocycles. The van der Waals surface area contributed by atoms with Crippen molar-refractivity contribution in [2.24, 2.45) is 5.73 Å². The molecular formula is C14H21NO2. The van der Waals surface area contributed by atoms with Gasteiger partial charge in [-0.05, 0) is 31.4 Å². The maximum atomic E-state index is 6.23. The largest absolute Gasteiger partial charge is 0.486 e. The Morgan fingerprint density at radius 2 is 1.82 bits per heavy atom. The van der Waals surface area contributed by atoms with Crippen LogP contribution in [0.2, 0.25) is 0 Å². The van der Waals surface area contributed by atoms with Gasteiger partial charge < -0.3 is 15.2 Å². The van der Waals surface area contributed by atoms with Crippen molar-refractivity contribution in [1.29, 1.82) is 0 Å². The summed E-state index contributed by atoms with van der Waals surface area (Å²) in [5.74, 6) is 2.08. The van der Waals surface area contributed by atoms with Gasteiger partial charge in [0.05, 0.1) is 0 Å². The Labute approximate surface area is 103 Å². The van der Waals surface area contributed by atoms with E-state index in [0.29, 0.717) is 19.1 Å². The van der Waals surface area contributed by atoms with Crippen LogP contribution in [0.15, 0.2) is 12.1 Å². The second kappa shape index (κ2) is 4.22. The molecule has 1 aromatic carbocycles. The molecule has 94 valence electrons. The summed E-state index contributed by atoms with van der Waals surface area (Å²) in [6.45, 7) is 9.58. The first-order valence-electron chi connectivity index (χ1n) is 6.13. The Balaban J connectivity index is 2.62. The first-order chi connectivity index (χ1) is 7.91. The van der Waals surface area contributed by atoms with Crippen LogP contribution < -0.4 is 15.2 Å². The lowest BCUT2D eigenvalue weighted by atomic mass is 9.85. The van der Waals surface area contributed by atoms with E-state index in [9.17, 15) is 0 Å². The standard InChI is InChI=1S/C14H21NO2/c1-9(2)12-10(14(3,4)15)5-6-11-13(12)17-8-7-16-11/h5-6,9H,7-8,15H2,1-4H3. The van der Waals surface area contributed by atoms with Gasteiger partial charge in [0.1, 0.15) is 13.2 Å². The summed E-state index contributed by atoms with van der Waals surface area (Å²) in [7, 11) is 0. The van der Waals surface area contributed by atoms with Gasteiger partial charge in [0.25, 0.3) is 0 Å². The number of fused-ring (bicyclic) bond motifs is 1. The van der Waals surface area contributed by atoms with E-state index >= 15 is 0 Å². The SMILES string of the molecule is CC(C)c1c(C(C)(C)N)ccc2c1OCCO2. The molecule has 0 spiro atoms. The molecule has 1 aromatic rings. The summed E-state index contributed by atoms with van der Waals surface area (Å²) in [5, 5.41) is 0. The number of ether oxygens (including phenoxy) is 2. The van der Waals surface area contributed by atoms with Gasteiger partial charge in [0.15, 0.2) is 11.5 Å². The second-order valence-corrected chi connectivity index (χ2v) is 5.43. The summed E-state index contributed by atoms with van der Waals surface area (Å²) in [6, 6.07) is 4.02. The minimum atomic E-state index is -0.366. The quantitative estimate of drug-likeness (QED) is 0.857. The molecule has 0 saturated heterocycles. The fourth-order valence-electron chi connectivity index (χ4n) is 2.27. The second-order valence-electron chi connectivity index (χ2n) is 5.43. The molecule has 2 N–H and O–H groups in total. The molecule has 0 atom stereocenters. The van der Waals surface area contributed by atoms with Crippen molar-refractivity contribution in [3.05, 3.63) is 23.3 Å². The highest BCUT2D eigenvalue weighted by molar-refractivity contribution is 5.54. The molecule has 0 aliphatic carbocycles. The van der Waals surface area contributed by atoms with Gasteiger partial charge in [0.2, 0.25) is 0 Å². The maximum absolute atomic E-state index is 6.23. The average molecular weight is 235 g/mol. The zero-order valence-electron chi connectivity index (χ0n) is 11.0. The third-order valence-corrected chi connectivity index (χ3v) is 3.02. The average Bonchev–Trinajstić information content (AvgIpc) is 2.26. The normalized spacial score (nSPS) is 15.2. The van der Waals surface area contributed by atoms with Crippen LogP contribution in [0.1, 0.15) is 44.7 Å². The highest BCUT2D eigenvalue weighted by Gasteiger charge is 2.27. The van der Waals surface area contributed by atoms with Crippen LogP contribution >= 0.6 is 0 Å². The predicted octanol–water partition coefficient (Wildman–Crippen LogP) is 2.78. The molecule has 0 amide bonds. The molecule has 0 radical (unpaired) electrons. The van der Waals surface area contributed by atoms with Gasteiger partial charge in [-0.25, -0.2) is 0 Å². The van der Waals surface area contributed by atoms with E-state index in [-0.39, 0.29) is 5.54 Å². The molecule has 3 heteroatoms. The smallest absolute Gasteiger partial charge is 0.165 e. The molecule has 3 nitrogen and oxygen atoms in total. The molecule has 1 heterocycles.